The molecule has 0 bridgehead atoms. The SMILES string of the molecule is Cc1cc(CN2CCN(C(=O)C(N)CC(=O)O)CC2)on1. The molecule has 0 spiro atoms. The van der Waals surface area contributed by atoms with E-state index >= 15 is 0 Å². The molecule has 2 rings (SSSR count). The minimum atomic E-state index is -1.06. The first-order chi connectivity index (χ1) is 9.95. The van der Waals surface area contributed by atoms with E-state index in [0.29, 0.717) is 32.7 Å². The van der Waals surface area contributed by atoms with Crippen molar-refractivity contribution in [3.05, 3.63) is 17.5 Å². The number of piperazine rings is 1. The van der Waals surface area contributed by atoms with Crippen LogP contribution in [0.4, 0.5) is 0 Å². The zero-order chi connectivity index (χ0) is 15.4. The maximum Gasteiger partial charge on any atom is 0.305 e. The molecule has 0 aliphatic carbocycles. The fourth-order valence-corrected chi connectivity index (χ4v) is 2.35. The molecule has 0 aromatic carbocycles. The highest BCUT2D eigenvalue weighted by molar-refractivity contribution is 5.86. The fourth-order valence-electron chi connectivity index (χ4n) is 2.35. The fraction of sp³-hybridized carbons (Fsp3) is 0.615. The average molecular weight is 296 g/mol. The number of hydrogen-bond acceptors (Lipinski definition) is 6. The number of hydrogen-bond donors (Lipinski definition) is 2. The van der Waals surface area contributed by atoms with Crippen LogP contribution < -0.4 is 5.73 Å². The number of carboxylic acid groups (broad SMARTS) is 1. The van der Waals surface area contributed by atoms with Gasteiger partial charge in [-0.2, -0.15) is 0 Å². The summed E-state index contributed by atoms with van der Waals surface area (Å²) in [5.74, 6) is -0.558. The third kappa shape index (κ3) is 4.27. The van der Waals surface area contributed by atoms with Gasteiger partial charge in [0.2, 0.25) is 5.91 Å². The number of aromatic nitrogens is 1. The first-order valence-corrected chi connectivity index (χ1v) is 6.86. The lowest BCUT2D eigenvalue weighted by Gasteiger charge is -2.35. The Balaban J connectivity index is 1.80. The summed E-state index contributed by atoms with van der Waals surface area (Å²) in [7, 11) is 0. The van der Waals surface area contributed by atoms with Gasteiger partial charge in [-0.1, -0.05) is 5.16 Å². The molecule has 1 aromatic heterocycles. The summed E-state index contributed by atoms with van der Waals surface area (Å²) in [4.78, 5) is 26.4. The highest BCUT2D eigenvalue weighted by Crippen LogP contribution is 2.10. The predicted molar refractivity (Wildman–Crippen MR) is 73.3 cm³/mol. The van der Waals surface area contributed by atoms with E-state index in [4.69, 9.17) is 15.4 Å². The van der Waals surface area contributed by atoms with E-state index in [1.165, 1.54) is 0 Å². The molecule has 0 radical (unpaired) electrons. The molecule has 1 unspecified atom stereocenters. The van der Waals surface area contributed by atoms with Gasteiger partial charge in [-0.25, -0.2) is 0 Å². The Hall–Kier alpha value is -1.93. The zero-order valence-electron chi connectivity index (χ0n) is 12.0. The van der Waals surface area contributed by atoms with Crippen molar-refractivity contribution < 1.29 is 19.2 Å². The third-order valence-corrected chi connectivity index (χ3v) is 3.45. The summed E-state index contributed by atoms with van der Waals surface area (Å²) in [6.07, 6.45) is -0.337. The van der Waals surface area contributed by atoms with Crippen LogP contribution in [0.25, 0.3) is 0 Å². The Labute approximate surface area is 122 Å². The number of aliphatic carboxylic acids is 1. The lowest BCUT2D eigenvalue weighted by molar-refractivity contribution is -0.142. The van der Waals surface area contributed by atoms with Gasteiger partial charge in [0.15, 0.2) is 5.76 Å². The van der Waals surface area contributed by atoms with E-state index in [9.17, 15) is 9.59 Å². The molecule has 0 saturated carbocycles. The summed E-state index contributed by atoms with van der Waals surface area (Å²) in [6, 6.07) is 0.922. The van der Waals surface area contributed by atoms with E-state index in [1.54, 1.807) is 4.90 Å². The second kappa shape index (κ2) is 6.68. The van der Waals surface area contributed by atoms with Crippen molar-refractivity contribution in [1.29, 1.82) is 0 Å². The van der Waals surface area contributed by atoms with Gasteiger partial charge in [-0.05, 0) is 6.92 Å². The molecule has 1 aromatic rings. The maximum atomic E-state index is 12.0. The molecule has 21 heavy (non-hydrogen) atoms. The second-order valence-electron chi connectivity index (χ2n) is 5.24. The third-order valence-electron chi connectivity index (χ3n) is 3.45. The van der Waals surface area contributed by atoms with Crippen LogP contribution in [-0.4, -0.2) is 64.2 Å². The van der Waals surface area contributed by atoms with Gasteiger partial charge < -0.3 is 20.3 Å². The van der Waals surface area contributed by atoms with E-state index in [0.717, 1.165) is 11.5 Å². The van der Waals surface area contributed by atoms with Crippen molar-refractivity contribution in [2.24, 2.45) is 5.73 Å². The number of carbonyl (C=O) groups excluding carboxylic acids is 1. The normalized spacial score (nSPS) is 17.7. The van der Waals surface area contributed by atoms with Crippen molar-refractivity contribution >= 4 is 11.9 Å². The van der Waals surface area contributed by atoms with Crippen LogP contribution in [0, 0.1) is 6.92 Å². The Morgan fingerprint density at radius 3 is 2.62 bits per heavy atom. The number of nitrogens with zero attached hydrogens (tertiary/aromatic N) is 3. The molecular formula is C13H20N4O4. The first kappa shape index (κ1) is 15.5. The molecule has 1 fully saturated rings. The Morgan fingerprint density at radius 1 is 1.43 bits per heavy atom. The van der Waals surface area contributed by atoms with Gasteiger partial charge in [-0.3, -0.25) is 14.5 Å². The Morgan fingerprint density at radius 2 is 2.10 bits per heavy atom. The van der Waals surface area contributed by atoms with Gasteiger partial charge in [0, 0.05) is 32.2 Å². The van der Waals surface area contributed by atoms with Gasteiger partial charge in [0.1, 0.15) is 0 Å². The van der Waals surface area contributed by atoms with E-state index < -0.39 is 12.0 Å². The van der Waals surface area contributed by atoms with Crippen molar-refractivity contribution in [2.45, 2.75) is 25.9 Å². The number of carboxylic acids is 1. The molecule has 1 aliphatic rings. The zero-order valence-corrected chi connectivity index (χ0v) is 12.0. The minimum absolute atomic E-state index is 0.299. The summed E-state index contributed by atoms with van der Waals surface area (Å²) < 4.78 is 5.17. The highest BCUT2D eigenvalue weighted by Gasteiger charge is 2.26. The van der Waals surface area contributed by atoms with E-state index in [2.05, 4.69) is 10.1 Å². The molecule has 1 atom stereocenters. The van der Waals surface area contributed by atoms with Crippen LogP contribution in [0.5, 0.6) is 0 Å². The highest BCUT2D eigenvalue weighted by atomic mass is 16.5. The Kier molecular flexibility index (Phi) is 4.92. The molecular weight excluding hydrogens is 276 g/mol. The maximum absolute atomic E-state index is 12.0. The molecule has 116 valence electrons. The molecule has 1 saturated heterocycles. The largest absolute Gasteiger partial charge is 0.481 e. The van der Waals surface area contributed by atoms with Crippen molar-refractivity contribution in [1.82, 2.24) is 15.0 Å². The summed E-state index contributed by atoms with van der Waals surface area (Å²) >= 11 is 0. The molecule has 3 N–H and O–H groups in total. The molecule has 1 aliphatic heterocycles. The van der Waals surface area contributed by atoms with Crippen LogP contribution in [0.1, 0.15) is 17.9 Å². The van der Waals surface area contributed by atoms with Crippen LogP contribution in [0.2, 0.25) is 0 Å². The standard InChI is InChI=1S/C13H20N4O4/c1-9-6-10(21-15-9)8-16-2-4-17(5-3-16)13(20)11(14)7-12(18)19/h6,11H,2-5,7-8,14H2,1H3,(H,18,19). The quantitative estimate of drug-likeness (QED) is 0.748. The van der Waals surface area contributed by atoms with Gasteiger partial charge in [0.25, 0.3) is 0 Å². The summed E-state index contributed by atoms with van der Waals surface area (Å²) in [5, 5.41) is 12.5. The summed E-state index contributed by atoms with van der Waals surface area (Å²) in [5.41, 5.74) is 6.45. The van der Waals surface area contributed by atoms with Gasteiger partial charge >= 0.3 is 5.97 Å². The first-order valence-electron chi connectivity index (χ1n) is 6.86. The minimum Gasteiger partial charge on any atom is -0.481 e. The summed E-state index contributed by atoms with van der Waals surface area (Å²) in [6.45, 7) is 5.01. The van der Waals surface area contributed by atoms with Crippen LogP contribution in [-0.2, 0) is 16.1 Å². The number of nitrogens with two attached hydrogens (primary N) is 1. The van der Waals surface area contributed by atoms with Crippen LogP contribution >= 0.6 is 0 Å². The second-order valence-corrected chi connectivity index (χ2v) is 5.24. The monoisotopic (exact) mass is 296 g/mol. The molecule has 8 heteroatoms. The average Bonchev–Trinajstić information content (AvgIpc) is 2.83. The predicted octanol–water partition coefficient (Wildman–Crippen LogP) is -0.571. The van der Waals surface area contributed by atoms with Crippen LogP contribution in [0.15, 0.2) is 10.6 Å². The smallest absolute Gasteiger partial charge is 0.305 e. The lowest BCUT2D eigenvalue weighted by atomic mass is 10.1. The topological polar surface area (TPSA) is 113 Å². The van der Waals surface area contributed by atoms with E-state index in [-0.39, 0.29) is 12.3 Å². The van der Waals surface area contributed by atoms with Crippen molar-refractivity contribution in [3.8, 4) is 0 Å². The molecule has 2 heterocycles. The van der Waals surface area contributed by atoms with Gasteiger partial charge in [-0.15, -0.1) is 0 Å². The molecule has 1 amide bonds. The van der Waals surface area contributed by atoms with Crippen molar-refractivity contribution in [2.75, 3.05) is 26.2 Å². The number of aryl methyl sites for hydroxylation is 1. The van der Waals surface area contributed by atoms with Crippen molar-refractivity contribution in [3.63, 3.8) is 0 Å². The molecule has 8 nitrogen and oxygen atoms in total. The van der Waals surface area contributed by atoms with Gasteiger partial charge in [0.05, 0.1) is 24.7 Å². The van der Waals surface area contributed by atoms with Crippen LogP contribution in [0.3, 0.4) is 0 Å². The number of amides is 1. The number of carbonyl (C=O) groups is 2. The van der Waals surface area contributed by atoms with E-state index in [1.807, 2.05) is 13.0 Å². The number of rotatable bonds is 5. The lowest BCUT2D eigenvalue weighted by Crippen LogP contribution is -2.53. The Bertz CT molecular complexity index is 508.